The van der Waals surface area contributed by atoms with Crippen molar-refractivity contribution in [3.8, 4) is 17.2 Å². The van der Waals surface area contributed by atoms with Crippen LogP contribution in [0.4, 0.5) is 0 Å². The van der Waals surface area contributed by atoms with Crippen LogP contribution in [0.5, 0.6) is 17.2 Å². The van der Waals surface area contributed by atoms with E-state index < -0.39 is 0 Å². The lowest BCUT2D eigenvalue weighted by Crippen LogP contribution is -2.39. The third-order valence-corrected chi connectivity index (χ3v) is 4.54. The van der Waals surface area contributed by atoms with Crippen molar-refractivity contribution in [3.63, 3.8) is 0 Å². The molecule has 0 heterocycles. The van der Waals surface area contributed by atoms with Crippen molar-refractivity contribution < 1.29 is 18.9 Å². The van der Waals surface area contributed by atoms with Crippen LogP contribution in [0.15, 0.2) is 47.5 Å². The van der Waals surface area contributed by atoms with Gasteiger partial charge in [0.1, 0.15) is 0 Å². The largest absolute Gasteiger partial charge is 0.493 e. The zero-order valence-electron chi connectivity index (χ0n) is 18.5. The van der Waals surface area contributed by atoms with E-state index in [9.17, 15) is 0 Å². The van der Waals surface area contributed by atoms with Gasteiger partial charge in [-0.05, 0) is 29.2 Å². The Morgan fingerprint density at radius 1 is 0.933 bits per heavy atom. The molecule has 0 bridgehead atoms. The fraction of sp³-hybridized carbons (Fsp3) is 0.435. The van der Waals surface area contributed by atoms with Gasteiger partial charge >= 0.3 is 0 Å². The summed E-state index contributed by atoms with van der Waals surface area (Å²) >= 11 is 0. The second-order valence-corrected chi connectivity index (χ2v) is 6.95. The summed E-state index contributed by atoms with van der Waals surface area (Å²) in [5.41, 5.74) is 2.17. The second kappa shape index (κ2) is 12.6. The van der Waals surface area contributed by atoms with Crippen LogP contribution in [0, 0.1) is 5.92 Å². The normalized spacial score (nSPS) is 12.2. The number of hydrogen-bond acceptors (Lipinski definition) is 5. The maximum Gasteiger partial charge on any atom is 0.203 e. The van der Waals surface area contributed by atoms with Crippen LogP contribution >= 0.6 is 0 Å². The van der Waals surface area contributed by atoms with Crippen LogP contribution in [0.2, 0.25) is 0 Å². The summed E-state index contributed by atoms with van der Waals surface area (Å²) in [7, 11) is 6.56. The van der Waals surface area contributed by atoms with E-state index in [1.807, 2.05) is 30.3 Å². The number of nitrogens with zero attached hydrogens (tertiary/aromatic N) is 1. The molecule has 0 aliphatic carbocycles. The Hall–Kier alpha value is -2.93. The molecule has 7 nitrogen and oxygen atoms in total. The van der Waals surface area contributed by atoms with E-state index in [4.69, 9.17) is 18.9 Å². The molecule has 2 aromatic carbocycles. The number of aliphatic imine (C=N–C) groups is 1. The first kappa shape index (κ1) is 23.3. The molecule has 0 aromatic heterocycles. The third kappa shape index (κ3) is 7.15. The molecule has 0 saturated carbocycles. The molecule has 30 heavy (non-hydrogen) atoms. The molecule has 164 valence electrons. The molecule has 0 aliphatic heterocycles. The first-order valence-corrected chi connectivity index (χ1v) is 9.96. The Kier molecular flexibility index (Phi) is 9.80. The molecule has 0 spiro atoms. The highest BCUT2D eigenvalue weighted by Crippen LogP contribution is 2.38. The van der Waals surface area contributed by atoms with Crippen LogP contribution < -0.4 is 24.8 Å². The van der Waals surface area contributed by atoms with Crippen molar-refractivity contribution in [1.29, 1.82) is 0 Å². The predicted molar refractivity (Wildman–Crippen MR) is 120 cm³/mol. The summed E-state index contributed by atoms with van der Waals surface area (Å²) in [6.45, 7) is 4.76. The van der Waals surface area contributed by atoms with E-state index in [0.29, 0.717) is 42.9 Å². The minimum Gasteiger partial charge on any atom is -0.493 e. The summed E-state index contributed by atoms with van der Waals surface area (Å²) < 4.78 is 22.0. The van der Waals surface area contributed by atoms with Crippen molar-refractivity contribution in [2.24, 2.45) is 10.9 Å². The van der Waals surface area contributed by atoms with E-state index in [0.717, 1.165) is 18.1 Å². The molecule has 0 aliphatic rings. The van der Waals surface area contributed by atoms with Gasteiger partial charge in [0, 0.05) is 20.1 Å². The fourth-order valence-electron chi connectivity index (χ4n) is 2.93. The summed E-state index contributed by atoms with van der Waals surface area (Å²) in [5.74, 6) is 2.89. The SMILES string of the molecule is CN=C(NCc1cc(OC)c(OC)c(OC)c1)NCC(C)COCc1ccccc1. The van der Waals surface area contributed by atoms with Crippen molar-refractivity contribution in [2.45, 2.75) is 20.1 Å². The van der Waals surface area contributed by atoms with E-state index in [1.54, 1.807) is 28.4 Å². The Morgan fingerprint density at radius 2 is 1.60 bits per heavy atom. The summed E-state index contributed by atoms with van der Waals surface area (Å²) in [6, 6.07) is 14.0. The minimum absolute atomic E-state index is 0.341. The molecule has 0 amide bonds. The van der Waals surface area contributed by atoms with Gasteiger partial charge in [0.15, 0.2) is 17.5 Å². The molecular weight excluding hydrogens is 382 g/mol. The van der Waals surface area contributed by atoms with Crippen LogP contribution in [0.1, 0.15) is 18.1 Å². The fourth-order valence-corrected chi connectivity index (χ4v) is 2.93. The second-order valence-electron chi connectivity index (χ2n) is 6.95. The van der Waals surface area contributed by atoms with Crippen molar-refractivity contribution in [1.82, 2.24) is 10.6 Å². The zero-order valence-corrected chi connectivity index (χ0v) is 18.5. The molecule has 2 N–H and O–H groups in total. The number of nitrogens with one attached hydrogen (secondary N) is 2. The van der Waals surface area contributed by atoms with E-state index in [1.165, 1.54) is 5.56 Å². The average molecular weight is 416 g/mol. The third-order valence-electron chi connectivity index (χ3n) is 4.54. The lowest BCUT2D eigenvalue weighted by Gasteiger charge is -2.17. The van der Waals surface area contributed by atoms with Crippen LogP contribution in [0.3, 0.4) is 0 Å². The highest BCUT2D eigenvalue weighted by atomic mass is 16.5. The van der Waals surface area contributed by atoms with Crippen LogP contribution in [-0.2, 0) is 17.9 Å². The Bertz CT molecular complexity index is 771. The number of guanidine groups is 1. The number of methoxy groups -OCH3 is 3. The lowest BCUT2D eigenvalue weighted by atomic mass is 10.1. The topological polar surface area (TPSA) is 73.3 Å². The molecule has 1 unspecified atom stereocenters. The minimum atomic E-state index is 0.341. The maximum atomic E-state index is 5.81. The number of benzene rings is 2. The number of rotatable bonds is 11. The van der Waals surface area contributed by atoms with E-state index in [-0.39, 0.29) is 0 Å². The smallest absolute Gasteiger partial charge is 0.203 e. The first-order chi connectivity index (χ1) is 14.6. The molecule has 7 heteroatoms. The average Bonchev–Trinajstić information content (AvgIpc) is 2.79. The van der Waals surface area contributed by atoms with Gasteiger partial charge in [0.2, 0.25) is 5.75 Å². The van der Waals surface area contributed by atoms with E-state index in [2.05, 4.69) is 34.7 Å². The Labute approximate surface area is 179 Å². The molecule has 1 atom stereocenters. The molecule has 2 aromatic rings. The Morgan fingerprint density at radius 3 is 2.17 bits per heavy atom. The molecular formula is C23H33N3O4. The predicted octanol–water partition coefficient (Wildman–Crippen LogP) is 3.23. The molecule has 2 rings (SSSR count). The molecule has 0 saturated heterocycles. The number of ether oxygens (including phenoxy) is 4. The lowest BCUT2D eigenvalue weighted by molar-refractivity contribution is 0.0931. The summed E-state index contributed by atoms with van der Waals surface area (Å²) in [5, 5.41) is 6.65. The standard InChI is InChI=1S/C23H33N3O4/c1-17(15-30-16-18-9-7-6-8-10-18)13-25-23(24-2)26-14-19-11-20(27-3)22(29-5)21(12-19)28-4/h6-12,17H,13-16H2,1-5H3,(H2,24,25,26). The molecule has 0 radical (unpaired) electrons. The Balaban J connectivity index is 1.80. The van der Waals surface area contributed by atoms with Gasteiger partial charge in [-0.1, -0.05) is 37.3 Å². The first-order valence-electron chi connectivity index (χ1n) is 9.96. The number of hydrogen-bond donors (Lipinski definition) is 2. The highest BCUT2D eigenvalue weighted by Gasteiger charge is 2.13. The highest BCUT2D eigenvalue weighted by molar-refractivity contribution is 5.79. The van der Waals surface area contributed by atoms with Gasteiger partial charge in [-0.3, -0.25) is 4.99 Å². The monoisotopic (exact) mass is 415 g/mol. The van der Waals surface area contributed by atoms with Crippen LogP contribution in [0.25, 0.3) is 0 Å². The van der Waals surface area contributed by atoms with Crippen molar-refractivity contribution >= 4 is 5.96 Å². The van der Waals surface area contributed by atoms with Gasteiger partial charge in [-0.15, -0.1) is 0 Å². The summed E-state index contributed by atoms with van der Waals surface area (Å²) in [6.07, 6.45) is 0. The van der Waals surface area contributed by atoms with Gasteiger partial charge in [0.05, 0.1) is 34.5 Å². The quantitative estimate of drug-likeness (QED) is 0.434. The zero-order chi connectivity index (χ0) is 21.8. The van der Waals surface area contributed by atoms with E-state index >= 15 is 0 Å². The van der Waals surface area contributed by atoms with Gasteiger partial charge < -0.3 is 29.6 Å². The maximum absolute atomic E-state index is 5.81. The van der Waals surface area contributed by atoms with Crippen molar-refractivity contribution in [2.75, 3.05) is 41.5 Å². The van der Waals surface area contributed by atoms with Gasteiger partial charge in [-0.2, -0.15) is 0 Å². The molecule has 0 fully saturated rings. The summed E-state index contributed by atoms with van der Waals surface area (Å²) in [4.78, 5) is 4.29. The van der Waals surface area contributed by atoms with Gasteiger partial charge in [-0.25, -0.2) is 0 Å². The van der Waals surface area contributed by atoms with Crippen molar-refractivity contribution in [3.05, 3.63) is 53.6 Å². The van der Waals surface area contributed by atoms with Crippen LogP contribution in [-0.4, -0.2) is 47.5 Å². The van der Waals surface area contributed by atoms with Gasteiger partial charge in [0.25, 0.3) is 0 Å².